The molecule has 1 aliphatic heterocycles. The fraction of sp³-hybridized carbons (Fsp3) is 0.629. The van der Waals surface area contributed by atoms with Gasteiger partial charge in [0.2, 0.25) is 65.0 Å². The van der Waals surface area contributed by atoms with Crippen molar-refractivity contribution in [3.8, 4) is 0 Å². The van der Waals surface area contributed by atoms with Crippen LogP contribution in [0.2, 0.25) is 5.02 Å². The Morgan fingerprint density at radius 2 is 1.10 bits per heavy atom. The second-order valence-corrected chi connectivity index (χ2v) is 25.2. The van der Waals surface area contributed by atoms with Crippen LogP contribution in [0.4, 0.5) is 13.2 Å². The van der Waals surface area contributed by atoms with E-state index in [1.54, 1.807) is 58.9 Å². The maximum Gasteiger partial charge on any atom is 0.416 e. The normalized spacial score (nSPS) is 24.0. The highest BCUT2D eigenvalue weighted by molar-refractivity contribution is 6.30. The highest BCUT2D eigenvalue weighted by Gasteiger charge is 2.42. The number of nitrogens with zero attached hydrogens (tertiary/aromatic N) is 7. The molecule has 22 nitrogen and oxygen atoms in total. The van der Waals surface area contributed by atoms with Crippen LogP contribution in [0.5, 0.6) is 0 Å². The first-order valence-corrected chi connectivity index (χ1v) is 30.0. The molecule has 0 saturated carbocycles. The van der Waals surface area contributed by atoms with Crippen LogP contribution in [0, 0.1) is 17.8 Å². The number of alkyl halides is 3. The van der Waals surface area contributed by atoms with E-state index in [0.717, 1.165) is 36.6 Å². The highest BCUT2D eigenvalue weighted by atomic mass is 35.5. The molecule has 2 aromatic rings. The average molecular weight is 1260 g/mol. The monoisotopic (exact) mass is 1260 g/mol. The van der Waals surface area contributed by atoms with Crippen LogP contribution in [0.15, 0.2) is 48.5 Å². The Morgan fingerprint density at radius 3 is 1.64 bits per heavy atom. The molecule has 2 aromatic carbocycles. The minimum absolute atomic E-state index is 0.0408. The number of aryl methyl sites for hydroxylation is 1. The van der Waals surface area contributed by atoms with E-state index < -0.39 is 150 Å². The summed E-state index contributed by atoms with van der Waals surface area (Å²) in [4.78, 5) is 165. The molecule has 0 unspecified atom stereocenters. The Bertz CT molecular complexity index is 2800. The number of hydrogen-bond acceptors (Lipinski definition) is 11. The van der Waals surface area contributed by atoms with E-state index in [1.165, 1.54) is 92.0 Å². The van der Waals surface area contributed by atoms with Crippen LogP contribution in [0.1, 0.15) is 118 Å². The molecule has 0 bridgehead atoms. The first-order valence-electron chi connectivity index (χ1n) is 29.6. The number of benzene rings is 2. The van der Waals surface area contributed by atoms with Gasteiger partial charge in [0.1, 0.15) is 41.8 Å². The van der Waals surface area contributed by atoms with E-state index in [4.69, 9.17) is 11.6 Å². The summed E-state index contributed by atoms with van der Waals surface area (Å²) >= 11 is 6.19. The summed E-state index contributed by atoms with van der Waals surface area (Å²) in [5.41, 5.74) is -1.70. The zero-order valence-electron chi connectivity index (χ0n) is 54.1. The van der Waals surface area contributed by atoms with Gasteiger partial charge in [0.25, 0.3) is 0 Å². The van der Waals surface area contributed by atoms with E-state index in [9.17, 15) is 65.9 Å². The Labute approximate surface area is 521 Å². The van der Waals surface area contributed by atoms with E-state index in [0.29, 0.717) is 22.6 Å². The molecular weight excluding hydrogens is 1170 g/mol. The number of likely N-dealkylation sites (N-methyl/N-ethyl adjacent to an activating group) is 7. The number of amides is 11. The van der Waals surface area contributed by atoms with Crippen LogP contribution < -0.4 is 21.3 Å². The van der Waals surface area contributed by atoms with E-state index >= 15 is 0 Å². The highest BCUT2D eigenvalue weighted by Crippen LogP contribution is 2.30. The van der Waals surface area contributed by atoms with Gasteiger partial charge in [-0.05, 0) is 107 Å². The molecule has 88 heavy (non-hydrogen) atoms. The number of rotatable bonds is 11. The number of carbonyl (C=O) groups is 11. The van der Waals surface area contributed by atoms with Crippen molar-refractivity contribution in [2.45, 2.75) is 168 Å². The maximum absolute atomic E-state index is 14.9. The molecule has 0 spiro atoms. The minimum atomic E-state index is -4.63. The lowest BCUT2D eigenvalue weighted by Crippen LogP contribution is -2.63. The maximum atomic E-state index is 14.9. The Hall–Kier alpha value is -7.31. The molecule has 0 radical (unpaired) electrons. The van der Waals surface area contributed by atoms with Gasteiger partial charge < -0.3 is 55.6 Å². The lowest BCUT2D eigenvalue weighted by molar-refractivity contribution is -0.149. The standard InChI is InChI=1S/C62H93ClF3N11O11/c1-18-38(6)53-59(87)73(13)34-51(80)71(11)35-52(81)75(15)48(32-42-21-26-44(63)27-22-42)58(86)72(12)33-49(78)68-45(28-23-41-19-24-43(25-20-41)62(64,65)66)57(85)76(16)47(30-37(4)5)56(84)70-61(9,10)60(88)77(17)46(29-36(2)3)55(83)67-39(7)31-50(79)74(14)40(8)54(82)69-53/h19-22,24-27,36-40,45-48,53H,18,23,28-35H2,1-17H3,(H,67,83)(H,68,78)(H,69,82)(H,70,84)/t38-,39+,40-,45-,46-,47+,48-,53-/m0/s1. The van der Waals surface area contributed by atoms with Gasteiger partial charge in [0, 0.05) is 73.2 Å². The second kappa shape index (κ2) is 32.8. The molecule has 0 aromatic heterocycles. The van der Waals surface area contributed by atoms with Crippen molar-refractivity contribution in [1.82, 2.24) is 55.6 Å². The Kier molecular flexibility index (Phi) is 27.9. The van der Waals surface area contributed by atoms with Crippen LogP contribution in [-0.2, 0) is 71.8 Å². The third-order valence-electron chi connectivity index (χ3n) is 16.0. The van der Waals surface area contributed by atoms with Crippen molar-refractivity contribution in [3.05, 3.63) is 70.2 Å². The third kappa shape index (κ3) is 21.5. The van der Waals surface area contributed by atoms with Crippen molar-refractivity contribution < 1.29 is 65.9 Å². The first kappa shape index (κ1) is 74.9. The fourth-order valence-electron chi connectivity index (χ4n) is 10.0. The summed E-state index contributed by atoms with van der Waals surface area (Å²) in [5.74, 6) is -8.57. The summed E-state index contributed by atoms with van der Waals surface area (Å²) in [6.07, 6.45) is -4.64. The fourth-order valence-corrected chi connectivity index (χ4v) is 10.1. The Morgan fingerprint density at radius 1 is 0.580 bits per heavy atom. The predicted octanol–water partition coefficient (Wildman–Crippen LogP) is 4.15. The van der Waals surface area contributed by atoms with E-state index in [2.05, 4.69) is 21.3 Å². The molecule has 1 heterocycles. The zero-order chi connectivity index (χ0) is 67.0. The van der Waals surface area contributed by atoms with Crippen molar-refractivity contribution in [1.29, 1.82) is 0 Å². The first-order chi connectivity index (χ1) is 40.7. The minimum Gasteiger partial charge on any atom is -0.351 e. The van der Waals surface area contributed by atoms with Crippen molar-refractivity contribution in [2.75, 3.05) is 69.0 Å². The molecular formula is C62H93ClF3N11O11. The predicted molar refractivity (Wildman–Crippen MR) is 326 cm³/mol. The van der Waals surface area contributed by atoms with Crippen molar-refractivity contribution >= 4 is 76.6 Å². The molecule has 4 N–H and O–H groups in total. The molecule has 3 rings (SSSR count). The Balaban J connectivity index is 2.19. The van der Waals surface area contributed by atoms with Gasteiger partial charge in [-0.3, -0.25) is 52.7 Å². The second-order valence-electron chi connectivity index (χ2n) is 24.8. The van der Waals surface area contributed by atoms with Crippen molar-refractivity contribution in [3.63, 3.8) is 0 Å². The van der Waals surface area contributed by atoms with Crippen molar-refractivity contribution in [2.24, 2.45) is 17.8 Å². The van der Waals surface area contributed by atoms with Gasteiger partial charge in [0.15, 0.2) is 0 Å². The van der Waals surface area contributed by atoms with E-state index in [1.807, 2.05) is 13.8 Å². The molecule has 490 valence electrons. The summed E-state index contributed by atoms with van der Waals surface area (Å²) in [5, 5.41) is 11.4. The molecule has 1 saturated heterocycles. The molecule has 0 aliphatic carbocycles. The van der Waals surface area contributed by atoms with Crippen LogP contribution in [0.25, 0.3) is 0 Å². The lowest BCUT2D eigenvalue weighted by Gasteiger charge is -2.38. The van der Waals surface area contributed by atoms with Gasteiger partial charge in [-0.15, -0.1) is 0 Å². The number of nitrogens with one attached hydrogen (secondary N) is 4. The van der Waals surface area contributed by atoms with Gasteiger partial charge in [-0.25, -0.2) is 0 Å². The average Bonchev–Trinajstić information content (AvgIpc) is 3.63. The van der Waals surface area contributed by atoms with Gasteiger partial charge in [-0.1, -0.05) is 83.8 Å². The molecule has 1 aliphatic rings. The quantitative estimate of drug-likeness (QED) is 0.249. The number of halogens is 4. The summed E-state index contributed by atoms with van der Waals surface area (Å²) in [7, 11) is 9.47. The smallest absolute Gasteiger partial charge is 0.351 e. The van der Waals surface area contributed by atoms with Crippen LogP contribution >= 0.6 is 11.6 Å². The van der Waals surface area contributed by atoms with E-state index in [-0.39, 0.29) is 50.4 Å². The van der Waals surface area contributed by atoms with Crippen LogP contribution in [-0.4, -0.2) is 216 Å². The summed E-state index contributed by atoms with van der Waals surface area (Å²) in [6.45, 7) is 14.9. The van der Waals surface area contributed by atoms with Gasteiger partial charge in [0.05, 0.1) is 25.2 Å². The summed E-state index contributed by atoms with van der Waals surface area (Å²) < 4.78 is 40.7. The third-order valence-corrected chi connectivity index (χ3v) is 16.2. The molecule has 11 amide bonds. The SMILES string of the molecule is CC[C@H](C)[C@@H]1NC(=O)[C@H](C)N(C)C(=O)C[C@@H](C)NC(=O)[C@H](CC(C)C)N(C)C(=O)C(C)(C)NC(=O)[C@@H](CC(C)C)N(C)C(=O)[C@H](CCc2ccc(C(F)(F)F)cc2)NC(=O)CN(C)C(=O)[C@H](Cc2ccc(Cl)cc2)N(C)C(=O)CN(C)C(=O)CN(C)C1=O. The number of carbonyl (C=O) groups excluding carboxylic acids is 11. The zero-order valence-corrected chi connectivity index (χ0v) is 54.9. The topological polar surface area (TPSA) is 259 Å². The lowest BCUT2D eigenvalue weighted by atomic mass is 9.95. The summed E-state index contributed by atoms with van der Waals surface area (Å²) in [6, 6.07) is 2.41. The molecule has 1 fully saturated rings. The van der Waals surface area contributed by atoms with Crippen LogP contribution in [0.3, 0.4) is 0 Å². The van der Waals surface area contributed by atoms with Gasteiger partial charge in [-0.2, -0.15) is 13.2 Å². The van der Waals surface area contributed by atoms with Gasteiger partial charge >= 0.3 is 6.18 Å². The molecule has 8 atom stereocenters. The molecule has 26 heteroatoms. The largest absolute Gasteiger partial charge is 0.416 e. The number of hydrogen-bond donors (Lipinski definition) is 4.